The van der Waals surface area contributed by atoms with Gasteiger partial charge in [0.1, 0.15) is 11.6 Å². The van der Waals surface area contributed by atoms with Crippen molar-refractivity contribution in [3.8, 4) is 0 Å². The zero-order valence-corrected chi connectivity index (χ0v) is 12.7. The van der Waals surface area contributed by atoms with Gasteiger partial charge in [-0.15, -0.1) is 0 Å². The van der Waals surface area contributed by atoms with Crippen LogP contribution in [0, 0.1) is 5.82 Å². The fourth-order valence-electron chi connectivity index (χ4n) is 3.21. The van der Waals surface area contributed by atoms with E-state index in [-0.39, 0.29) is 12.1 Å². The van der Waals surface area contributed by atoms with Crippen LogP contribution >= 0.6 is 0 Å². The number of halogens is 4. The van der Waals surface area contributed by atoms with Gasteiger partial charge in [-0.3, -0.25) is 4.57 Å². The Morgan fingerprint density at radius 1 is 1.28 bits per heavy atom. The lowest BCUT2D eigenvalue weighted by Crippen LogP contribution is -2.20. The van der Waals surface area contributed by atoms with Gasteiger partial charge in [-0.1, -0.05) is 0 Å². The quantitative estimate of drug-likeness (QED) is 0.697. The summed E-state index contributed by atoms with van der Waals surface area (Å²) in [5.41, 5.74) is -0.115. The van der Waals surface area contributed by atoms with Crippen molar-refractivity contribution >= 4 is 16.9 Å². The number of fused-ring (bicyclic) bond motifs is 3. The van der Waals surface area contributed by atoms with Crippen molar-refractivity contribution in [3.05, 3.63) is 57.4 Å². The zero-order valence-electron chi connectivity index (χ0n) is 12.7. The lowest BCUT2D eigenvalue weighted by Gasteiger charge is -2.14. The summed E-state index contributed by atoms with van der Waals surface area (Å²) in [6.07, 6.45) is -2.57. The maximum Gasteiger partial charge on any atom is 0.416 e. The third kappa shape index (κ3) is 2.55. The molecule has 9 heteroatoms. The van der Waals surface area contributed by atoms with Crippen LogP contribution in [0.15, 0.2) is 29.2 Å². The molecule has 25 heavy (non-hydrogen) atoms. The molecule has 0 atom stereocenters. The van der Waals surface area contributed by atoms with Gasteiger partial charge in [-0.25, -0.2) is 14.2 Å². The molecular formula is C16H12F4N4O. The molecule has 3 aromatic rings. The Hall–Kier alpha value is -2.84. The van der Waals surface area contributed by atoms with Gasteiger partial charge < -0.3 is 10.3 Å². The summed E-state index contributed by atoms with van der Waals surface area (Å²) in [5.74, 6) is -0.181. The van der Waals surface area contributed by atoms with Crippen molar-refractivity contribution in [3.63, 3.8) is 0 Å². The van der Waals surface area contributed by atoms with E-state index in [0.29, 0.717) is 35.9 Å². The Labute approximate surface area is 138 Å². The van der Waals surface area contributed by atoms with E-state index in [1.807, 2.05) is 0 Å². The number of rotatable bonds is 2. The molecule has 0 saturated carbocycles. The maximum absolute atomic E-state index is 13.5. The average molecular weight is 352 g/mol. The van der Waals surface area contributed by atoms with Crippen molar-refractivity contribution in [2.75, 3.05) is 11.9 Å². The van der Waals surface area contributed by atoms with Crippen molar-refractivity contribution in [2.45, 2.75) is 19.1 Å². The number of nitrogens with zero attached hydrogens (tertiary/aromatic N) is 2. The van der Waals surface area contributed by atoms with Crippen LogP contribution in [0.2, 0.25) is 0 Å². The third-order valence-electron chi connectivity index (χ3n) is 4.27. The number of aromatic amines is 1. The second-order valence-corrected chi connectivity index (χ2v) is 5.84. The van der Waals surface area contributed by atoms with E-state index >= 15 is 0 Å². The Balaban J connectivity index is 1.91. The molecule has 1 aliphatic rings. The number of alkyl halides is 3. The topological polar surface area (TPSA) is 62.7 Å². The molecular weight excluding hydrogens is 340 g/mol. The smallest absolute Gasteiger partial charge is 0.369 e. The first-order valence-electron chi connectivity index (χ1n) is 7.54. The predicted molar refractivity (Wildman–Crippen MR) is 83.1 cm³/mol. The molecule has 3 heterocycles. The number of aromatic nitrogens is 3. The third-order valence-corrected chi connectivity index (χ3v) is 4.27. The summed E-state index contributed by atoms with van der Waals surface area (Å²) in [4.78, 5) is 19.1. The minimum atomic E-state index is -4.64. The first-order valence-corrected chi connectivity index (χ1v) is 7.54. The molecule has 2 N–H and O–H groups in total. The summed E-state index contributed by atoms with van der Waals surface area (Å²) in [6.45, 7) is 0.247. The van der Waals surface area contributed by atoms with E-state index < -0.39 is 23.2 Å². The highest BCUT2D eigenvalue weighted by Gasteiger charge is 2.34. The van der Waals surface area contributed by atoms with Crippen LogP contribution < -0.4 is 11.0 Å². The van der Waals surface area contributed by atoms with Gasteiger partial charge in [0.05, 0.1) is 29.3 Å². The van der Waals surface area contributed by atoms with Crippen LogP contribution in [0.3, 0.4) is 0 Å². The number of imidazole rings is 1. The molecule has 0 radical (unpaired) electrons. The maximum atomic E-state index is 13.5. The molecule has 0 aliphatic carbocycles. The predicted octanol–water partition coefficient (Wildman–Crippen LogP) is 2.90. The molecule has 0 fully saturated rings. The second kappa shape index (κ2) is 5.33. The van der Waals surface area contributed by atoms with E-state index in [2.05, 4.69) is 15.3 Å². The number of H-pyrrole nitrogens is 1. The van der Waals surface area contributed by atoms with Gasteiger partial charge in [0.15, 0.2) is 0 Å². The summed E-state index contributed by atoms with van der Waals surface area (Å²) < 4.78 is 54.3. The van der Waals surface area contributed by atoms with Gasteiger partial charge in [0, 0.05) is 12.1 Å². The molecule has 130 valence electrons. The van der Waals surface area contributed by atoms with Gasteiger partial charge in [0.2, 0.25) is 0 Å². The minimum absolute atomic E-state index is 0.299. The SMILES string of the molecule is O=c1[nH]c2cnc3c(c2n1Cc1cc(F)ccc1C(F)(F)F)CCN3. The highest BCUT2D eigenvalue weighted by Crippen LogP contribution is 2.33. The van der Waals surface area contributed by atoms with Crippen molar-refractivity contribution in [1.29, 1.82) is 0 Å². The number of hydrogen-bond acceptors (Lipinski definition) is 3. The van der Waals surface area contributed by atoms with E-state index in [4.69, 9.17) is 0 Å². The Bertz CT molecular complexity index is 1040. The van der Waals surface area contributed by atoms with E-state index in [1.165, 1.54) is 10.8 Å². The Morgan fingerprint density at radius 2 is 2.08 bits per heavy atom. The minimum Gasteiger partial charge on any atom is -0.369 e. The van der Waals surface area contributed by atoms with Gasteiger partial charge in [-0.2, -0.15) is 13.2 Å². The number of nitrogens with one attached hydrogen (secondary N) is 2. The van der Waals surface area contributed by atoms with Crippen molar-refractivity contribution in [2.24, 2.45) is 0 Å². The molecule has 1 aliphatic heterocycles. The van der Waals surface area contributed by atoms with Crippen LogP contribution in [0.1, 0.15) is 16.7 Å². The Kier molecular flexibility index (Phi) is 3.34. The van der Waals surface area contributed by atoms with Crippen molar-refractivity contribution < 1.29 is 17.6 Å². The van der Waals surface area contributed by atoms with Gasteiger partial charge >= 0.3 is 11.9 Å². The van der Waals surface area contributed by atoms with Crippen LogP contribution in [-0.2, 0) is 19.1 Å². The molecule has 2 aromatic heterocycles. The number of hydrogen-bond donors (Lipinski definition) is 2. The van der Waals surface area contributed by atoms with Crippen LogP contribution in [0.4, 0.5) is 23.4 Å². The summed E-state index contributed by atoms with van der Waals surface area (Å²) in [5, 5.41) is 3.06. The summed E-state index contributed by atoms with van der Waals surface area (Å²) in [6, 6.07) is 2.27. The molecule has 0 spiro atoms. The molecule has 0 saturated heterocycles. The molecule has 4 rings (SSSR count). The Morgan fingerprint density at radius 3 is 2.84 bits per heavy atom. The molecule has 0 amide bonds. The first kappa shape index (κ1) is 15.7. The highest BCUT2D eigenvalue weighted by atomic mass is 19.4. The number of benzene rings is 1. The largest absolute Gasteiger partial charge is 0.416 e. The standard InChI is InChI=1S/C16H12F4N4O/c17-9-1-2-11(16(18,19)20)8(5-9)7-24-13-10-3-4-21-14(10)22-6-12(13)23-15(24)25/h1-2,5-6H,3-4,7H2,(H,21,22)(H,23,25). The molecule has 5 nitrogen and oxygen atoms in total. The van der Waals surface area contributed by atoms with Crippen LogP contribution in [0.5, 0.6) is 0 Å². The van der Waals surface area contributed by atoms with Crippen LogP contribution in [-0.4, -0.2) is 21.1 Å². The first-order chi connectivity index (χ1) is 11.8. The summed E-state index contributed by atoms with van der Waals surface area (Å²) >= 11 is 0. The number of pyridine rings is 1. The molecule has 0 unspecified atom stereocenters. The monoisotopic (exact) mass is 352 g/mol. The summed E-state index contributed by atoms with van der Waals surface area (Å²) in [7, 11) is 0. The highest BCUT2D eigenvalue weighted by molar-refractivity contribution is 5.83. The zero-order chi connectivity index (χ0) is 17.8. The van der Waals surface area contributed by atoms with Crippen LogP contribution in [0.25, 0.3) is 11.0 Å². The second-order valence-electron chi connectivity index (χ2n) is 5.84. The average Bonchev–Trinajstić information content (AvgIpc) is 3.10. The van der Waals surface area contributed by atoms with Gasteiger partial charge in [0.25, 0.3) is 0 Å². The fourth-order valence-corrected chi connectivity index (χ4v) is 3.21. The molecule has 0 bridgehead atoms. The fraction of sp³-hybridized carbons (Fsp3) is 0.250. The molecule has 1 aromatic carbocycles. The lowest BCUT2D eigenvalue weighted by molar-refractivity contribution is -0.138. The number of anilines is 1. The van der Waals surface area contributed by atoms with E-state index in [0.717, 1.165) is 17.7 Å². The lowest BCUT2D eigenvalue weighted by atomic mass is 10.1. The van der Waals surface area contributed by atoms with E-state index in [9.17, 15) is 22.4 Å². The van der Waals surface area contributed by atoms with E-state index in [1.54, 1.807) is 0 Å². The van der Waals surface area contributed by atoms with Crippen molar-refractivity contribution in [1.82, 2.24) is 14.5 Å². The van der Waals surface area contributed by atoms with Gasteiger partial charge in [-0.05, 0) is 30.2 Å². The normalized spacial score (nSPS) is 13.9.